The molecule has 1 aromatic heterocycles. The number of hydrogen-bond acceptors (Lipinski definition) is 4. The lowest BCUT2D eigenvalue weighted by atomic mass is 9.65. The van der Waals surface area contributed by atoms with Crippen LogP contribution in [0.1, 0.15) is 44.9 Å². The predicted molar refractivity (Wildman–Crippen MR) is 95.8 cm³/mol. The van der Waals surface area contributed by atoms with Gasteiger partial charge in [-0.25, -0.2) is 4.98 Å². The first-order valence-electron chi connectivity index (χ1n) is 9.48. The highest BCUT2D eigenvalue weighted by Gasteiger charge is 2.40. The van der Waals surface area contributed by atoms with Crippen molar-refractivity contribution >= 4 is 17.4 Å². The smallest absolute Gasteiger partial charge is 0.227 e. The van der Waals surface area contributed by atoms with Gasteiger partial charge >= 0.3 is 0 Å². The van der Waals surface area contributed by atoms with Crippen molar-refractivity contribution in [3.63, 3.8) is 0 Å². The zero-order valence-electron chi connectivity index (χ0n) is 14.3. The molecule has 2 bridgehead atoms. The van der Waals surface area contributed by atoms with Crippen LogP contribution >= 0.6 is 0 Å². The Kier molecular flexibility index (Phi) is 4.44. The van der Waals surface area contributed by atoms with Crippen LogP contribution in [0.3, 0.4) is 0 Å². The topological polar surface area (TPSA) is 71.2 Å². The van der Waals surface area contributed by atoms with Crippen molar-refractivity contribution in [3.05, 3.63) is 18.3 Å². The van der Waals surface area contributed by atoms with E-state index in [0.717, 1.165) is 37.4 Å². The fraction of sp³-hybridized carbons (Fsp3) is 0.684. The Hall–Kier alpha value is -1.62. The summed E-state index contributed by atoms with van der Waals surface area (Å²) >= 11 is 0. The van der Waals surface area contributed by atoms with Crippen LogP contribution in [0, 0.1) is 17.8 Å². The van der Waals surface area contributed by atoms with Gasteiger partial charge in [-0.3, -0.25) is 4.79 Å². The van der Waals surface area contributed by atoms with Gasteiger partial charge in [0.2, 0.25) is 5.91 Å². The van der Waals surface area contributed by atoms with Crippen LogP contribution in [-0.2, 0) is 4.79 Å². The number of fused-ring (bicyclic) bond motifs is 2. The maximum absolute atomic E-state index is 12.7. The second-order valence-electron chi connectivity index (χ2n) is 7.79. The first kappa shape index (κ1) is 15.9. The van der Waals surface area contributed by atoms with Crippen LogP contribution in [0.15, 0.2) is 18.3 Å². The summed E-state index contributed by atoms with van der Waals surface area (Å²) in [5.41, 5.74) is 7.14. The lowest BCUT2D eigenvalue weighted by molar-refractivity contribution is -0.122. The average Bonchev–Trinajstić information content (AvgIpc) is 3.09. The van der Waals surface area contributed by atoms with Crippen molar-refractivity contribution in [2.75, 3.05) is 23.3 Å². The van der Waals surface area contributed by atoms with Crippen LogP contribution in [-0.4, -0.2) is 30.0 Å². The van der Waals surface area contributed by atoms with E-state index in [0.29, 0.717) is 17.9 Å². The average molecular weight is 328 g/mol. The largest absolute Gasteiger partial charge is 0.357 e. The molecule has 0 radical (unpaired) electrons. The van der Waals surface area contributed by atoms with E-state index in [4.69, 9.17) is 5.73 Å². The molecule has 2 saturated carbocycles. The molecule has 0 aromatic carbocycles. The molecule has 1 saturated heterocycles. The minimum absolute atomic E-state index is 0.110. The van der Waals surface area contributed by atoms with E-state index in [-0.39, 0.29) is 11.8 Å². The Morgan fingerprint density at radius 3 is 2.46 bits per heavy atom. The van der Waals surface area contributed by atoms with Crippen molar-refractivity contribution in [2.45, 2.75) is 51.0 Å². The first-order chi connectivity index (χ1) is 11.7. The number of nitrogens with one attached hydrogen (secondary N) is 1. The summed E-state index contributed by atoms with van der Waals surface area (Å²) < 4.78 is 0. The number of rotatable bonds is 3. The molecule has 2 atom stereocenters. The van der Waals surface area contributed by atoms with Gasteiger partial charge in [0.25, 0.3) is 0 Å². The van der Waals surface area contributed by atoms with E-state index in [1.807, 2.05) is 12.1 Å². The maximum atomic E-state index is 12.7. The van der Waals surface area contributed by atoms with E-state index < -0.39 is 0 Å². The molecule has 1 aromatic rings. The lowest BCUT2D eigenvalue weighted by Gasteiger charge is -2.43. The fourth-order valence-corrected chi connectivity index (χ4v) is 4.84. The van der Waals surface area contributed by atoms with Crippen molar-refractivity contribution in [1.82, 2.24) is 4.98 Å². The Balaban J connectivity index is 1.37. The van der Waals surface area contributed by atoms with Gasteiger partial charge in [-0.15, -0.1) is 0 Å². The van der Waals surface area contributed by atoms with Crippen LogP contribution in [0.4, 0.5) is 11.5 Å². The second kappa shape index (κ2) is 6.71. The van der Waals surface area contributed by atoms with Crippen LogP contribution in [0.5, 0.6) is 0 Å². The van der Waals surface area contributed by atoms with Crippen LogP contribution in [0.25, 0.3) is 0 Å². The summed E-state index contributed by atoms with van der Waals surface area (Å²) in [4.78, 5) is 19.5. The maximum Gasteiger partial charge on any atom is 0.227 e. The number of nitrogens with two attached hydrogens (primary N) is 1. The standard InChI is InChI=1S/C19H28N4O/c20-18-13-4-3-5-14(18)11-15(10-13)19(24)22-16-6-7-17(21-12-16)23-8-1-2-9-23/h6-7,12-15,18H,1-5,8-11,20H2,(H,22,24). The number of carbonyl (C=O) groups is 1. The molecule has 5 nitrogen and oxygen atoms in total. The van der Waals surface area contributed by atoms with Crippen molar-refractivity contribution in [3.8, 4) is 0 Å². The molecule has 1 aliphatic heterocycles. The second-order valence-corrected chi connectivity index (χ2v) is 7.79. The lowest BCUT2D eigenvalue weighted by Crippen LogP contribution is -2.48. The Labute approximate surface area is 144 Å². The van der Waals surface area contributed by atoms with Gasteiger partial charge < -0.3 is 16.0 Å². The molecule has 2 aliphatic carbocycles. The van der Waals surface area contributed by atoms with Gasteiger partial charge in [0.1, 0.15) is 5.82 Å². The van der Waals surface area contributed by atoms with Crippen molar-refractivity contribution < 1.29 is 4.79 Å². The third-order valence-electron chi connectivity index (χ3n) is 6.23. The van der Waals surface area contributed by atoms with E-state index >= 15 is 0 Å². The Bertz CT molecular complexity index is 568. The number of anilines is 2. The molecule has 3 N–H and O–H groups in total. The highest BCUT2D eigenvalue weighted by atomic mass is 16.1. The minimum Gasteiger partial charge on any atom is -0.357 e. The summed E-state index contributed by atoms with van der Waals surface area (Å²) in [7, 11) is 0. The number of nitrogens with zero attached hydrogens (tertiary/aromatic N) is 2. The number of aromatic nitrogens is 1. The quantitative estimate of drug-likeness (QED) is 0.895. The number of pyridine rings is 1. The molecule has 2 heterocycles. The molecule has 5 heteroatoms. The van der Waals surface area contributed by atoms with Gasteiger partial charge in [-0.2, -0.15) is 0 Å². The SMILES string of the molecule is NC1C2CCCC1CC(C(=O)Nc1ccc(N3CCCC3)nc1)C2. The van der Waals surface area contributed by atoms with Gasteiger partial charge in [0.05, 0.1) is 11.9 Å². The Morgan fingerprint density at radius 2 is 1.83 bits per heavy atom. The highest BCUT2D eigenvalue weighted by molar-refractivity contribution is 5.92. The monoisotopic (exact) mass is 328 g/mol. The molecule has 24 heavy (non-hydrogen) atoms. The molecule has 3 aliphatic rings. The number of hydrogen-bond donors (Lipinski definition) is 2. The van der Waals surface area contributed by atoms with Crippen LogP contribution in [0.2, 0.25) is 0 Å². The number of amides is 1. The van der Waals surface area contributed by atoms with Crippen molar-refractivity contribution in [2.24, 2.45) is 23.5 Å². The Morgan fingerprint density at radius 1 is 1.12 bits per heavy atom. The summed E-state index contributed by atoms with van der Waals surface area (Å²) in [6.07, 6.45) is 9.82. The highest BCUT2D eigenvalue weighted by Crippen LogP contribution is 2.42. The molecule has 0 spiro atoms. The molecule has 4 rings (SSSR count). The summed E-state index contributed by atoms with van der Waals surface area (Å²) in [6, 6.07) is 4.31. The third-order valence-corrected chi connectivity index (χ3v) is 6.23. The molecule has 130 valence electrons. The molecular weight excluding hydrogens is 300 g/mol. The summed E-state index contributed by atoms with van der Waals surface area (Å²) in [5.74, 6) is 2.34. The van der Waals surface area contributed by atoms with Gasteiger partial charge in [0.15, 0.2) is 0 Å². The zero-order valence-corrected chi connectivity index (χ0v) is 14.3. The summed E-state index contributed by atoms with van der Waals surface area (Å²) in [6.45, 7) is 2.17. The van der Waals surface area contributed by atoms with E-state index in [9.17, 15) is 4.79 Å². The molecule has 3 fully saturated rings. The van der Waals surface area contributed by atoms with E-state index in [1.54, 1.807) is 6.20 Å². The normalized spacial score (nSPS) is 32.6. The molecular formula is C19H28N4O. The van der Waals surface area contributed by atoms with Gasteiger partial charge in [0, 0.05) is 25.0 Å². The fourth-order valence-electron chi connectivity index (χ4n) is 4.84. The van der Waals surface area contributed by atoms with Gasteiger partial charge in [-0.1, -0.05) is 6.42 Å². The van der Waals surface area contributed by atoms with Crippen LogP contribution < -0.4 is 16.0 Å². The minimum atomic E-state index is 0.110. The third kappa shape index (κ3) is 3.14. The number of carbonyl (C=O) groups excluding carboxylic acids is 1. The first-order valence-corrected chi connectivity index (χ1v) is 9.48. The van der Waals surface area contributed by atoms with E-state index in [2.05, 4.69) is 15.2 Å². The van der Waals surface area contributed by atoms with Crippen molar-refractivity contribution in [1.29, 1.82) is 0 Å². The van der Waals surface area contributed by atoms with Gasteiger partial charge in [-0.05, 0) is 62.5 Å². The molecule has 2 unspecified atom stereocenters. The predicted octanol–water partition coefficient (Wildman–Crippen LogP) is 2.77. The molecule has 1 amide bonds. The zero-order chi connectivity index (χ0) is 16.5. The summed E-state index contributed by atoms with van der Waals surface area (Å²) in [5, 5.41) is 3.07. The van der Waals surface area contributed by atoms with E-state index in [1.165, 1.54) is 32.1 Å².